The van der Waals surface area contributed by atoms with E-state index in [9.17, 15) is 13.2 Å². The molecule has 0 aliphatic rings. The van der Waals surface area contributed by atoms with Crippen molar-refractivity contribution in [2.75, 3.05) is 17.5 Å². The maximum atomic E-state index is 12.0. The van der Waals surface area contributed by atoms with Crippen molar-refractivity contribution in [1.29, 1.82) is 0 Å². The van der Waals surface area contributed by atoms with Gasteiger partial charge in [-0.05, 0) is 48.7 Å². The zero-order chi connectivity index (χ0) is 17.6. The molecule has 0 aromatic heterocycles. The Bertz CT molecular complexity index is 805. The second-order valence-corrected chi connectivity index (χ2v) is 7.63. The Balaban J connectivity index is 1.77. The van der Waals surface area contributed by atoms with Crippen LogP contribution >= 0.6 is 11.6 Å². The number of hydrogen-bond acceptors (Lipinski definition) is 3. The number of hydrogen-bond donors (Lipinski definition) is 2. The van der Waals surface area contributed by atoms with E-state index in [0.717, 1.165) is 24.7 Å². The lowest BCUT2D eigenvalue weighted by Gasteiger charge is -2.07. The lowest BCUT2D eigenvalue weighted by Crippen LogP contribution is -2.24. The quantitative estimate of drug-likeness (QED) is 0.739. The molecule has 2 rings (SSSR count). The summed E-state index contributed by atoms with van der Waals surface area (Å²) in [4.78, 5) is 12.0. The monoisotopic (exact) mass is 366 g/mol. The van der Waals surface area contributed by atoms with Gasteiger partial charge in [0.1, 0.15) is 0 Å². The Morgan fingerprint density at radius 3 is 2.46 bits per heavy atom. The van der Waals surface area contributed by atoms with Gasteiger partial charge in [-0.15, -0.1) is 0 Å². The lowest BCUT2D eigenvalue weighted by atomic mass is 10.1. The fraction of sp³-hybridized carbons (Fsp3) is 0.235. The van der Waals surface area contributed by atoms with Gasteiger partial charge < -0.3 is 5.32 Å². The summed E-state index contributed by atoms with van der Waals surface area (Å²) in [5, 5.41) is 3.38. The van der Waals surface area contributed by atoms with E-state index in [4.69, 9.17) is 11.6 Å². The highest BCUT2D eigenvalue weighted by molar-refractivity contribution is 7.92. The number of benzene rings is 2. The van der Waals surface area contributed by atoms with Gasteiger partial charge in [0.2, 0.25) is 10.0 Å². The Kier molecular flexibility index (Phi) is 6.23. The summed E-state index contributed by atoms with van der Waals surface area (Å²) in [7, 11) is -3.26. The van der Waals surface area contributed by atoms with Crippen molar-refractivity contribution in [2.45, 2.75) is 12.8 Å². The van der Waals surface area contributed by atoms with Crippen LogP contribution in [-0.4, -0.2) is 27.1 Å². The van der Waals surface area contributed by atoms with Crippen LogP contribution in [0.3, 0.4) is 0 Å². The van der Waals surface area contributed by atoms with E-state index in [-0.39, 0.29) is 5.91 Å². The number of carbonyl (C=O) groups excluding carboxylic acids is 1. The molecule has 5 nitrogen and oxygen atoms in total. The summed E-state index contributed by atoms with van der Waals surface area (Å²) in [6.45, 7) is 0.550. The van der Waals surface area contributed by atoms with Crippen LogP contribution in [0.2, 0.25) is 5.02 Å². The lowest BCUT2D eigenvalue weighted by molar-refractivity contribution is 0.0953. The molecule has 0 aliphatic heterocycles. The van der Waals surface area contributed by atoms with Crippen LogP contribution in [0.5, 0.6) is 0 Å². The predicted octanol–water partition coefficient (Wildman–Crippen LogP) is 3.07. The third kappa shape index (κ3) is 6.22. The SMILES string of the molecule is CS(=O)(=O)Nc1ccc(CCCNC(=O)c2cccc(Cl)c2)cc1. The molecule has 0 spiro atoms. The number of rotatable bonds is 7. The molecule has 0 heterocycles. The van der Waals surface area contributed by atoms with Gasteiger partial charge >= 0.3 is 0 Å². The van der Waals surface area contributed by atoms with E-state index in [1.54, 1.807) is 36.4 Å². The van der Waals surface area contributed by atoms with E-state index in [1.807, 2.05) is 12.1 Å². The van der Waals surface area contributed by atoms with Crippen molar-refractivity contribution in [3.8, 4) is 0 Å². The van der Waals surface area contributed by atoms with Gasteiger partial charge in [0.05, 0.1) is 6.26 Å². The van der Waals surface area contributed by atoms with Gasteiger partial charge in [-0.3, -0.25) is 9.52 Å². The molecule has 2 aromatic rings. The molecule has 0 radical (unpaired) electrons. The molecule has 0 atom stereocenters. The minimum absolute atomic E-state index is 0.148. The number of aryl methyl sites for hydroxylation is 1. The van der Waals surface area contributed by atoms with Crippen LogP contribution in [0.4, 0.5) is 5.69 Å². The molecule has 1 amide bonds. The third-order valence-electron chi connectivity index (χ3n) is 3.27. The second kappa shape index (κ2) is 8.17. The largest absolute Gasteiger partial charge is 0.352 e. The molecular formula is C17H19ClN2O3S. The van der Waals surface area contributed by atoms with Gasteiger partial charge in [0.25, 0.3) is 5.91 Å². The van der Waals surface area contributed by atoms with Crippen molar-refractivity contribution >= 4 is 33.2 Å². The number of sulfonamides is 1. The van der Waals surface area contributed by atoms with Crippen molar-refractivity contribution in [1.82, 2.24) is 5.32 Å². The van der Waals surface area contributed by atoms with Crippen LogP contribution in [-0.2, 0) is 16.4 Å². The standard InChI is InChI=1S/C17H19ClN2O3S/c1-24(22,23)20-16-9-7-13(8-10-16)4-3-11-19-17(21)14-5-2-6-15(18)12-14/h2,5-10,12,20H,3-4,11H2,1H3,(H,19,21). The first-order chi connectivity index (χ1) is 11.3. The fourth-order valence-corrected chi connectivity index (χ4v) is 2.93. The average molecular weight is 367 g/mol. The smallest absolute Gasteiger partial charge is 0.251 e. The summed E-state index contributed by atoms with van der Waals surface area (Å²) >= 11 is 5.86. The van der Waals surface area contributed by atoms with Crippen LogP contribution in [0.25, 0.3) is 0 Å². The first-order valence-electron chi connectivity index (χ1n) is 7.44. The zero-order valence-corrected chi connectivity index (χ0v) is 14.8. The Morgan fingerprint density at radius 1 is 1.12 bits per heavy atom. The number of amides is 1. The highest BCUT2D eigenvalue weighted by Crippen LogP contribution is 2.12. The second-order valence-electron chi connectivity index (χ2n) is 5.44. The van der Waals surface area contributed by atoms with E-state index in [2.05, 4.69) is 10.0 Å². The number of carbonyl (C=O) groups is 1. The maximum Gasteiger partial charge on any atom is 0.251 e. The molecule has 128 valence electrons. The first kappa shape index (κ1) is 18.3. The molecule has 0 unspecified atom stereocenters. The van der Waals surface area contributed by atoms with Gasteiger partial charge in [0.15, 0.2) is 0 Å². The van der Waals surface area contributed by atoms with Gasteiger partial charge in [-0.25, -0.2) is 8.42 Å². The number of nitrogens with one attached hydrogen (secondary N) is 2. The molecule has 0 saturated heterocycles. The Labute approximate surface area is 147 Å². The summed E-state index contributed by atoms with van der Waals surface area (Å²) < 4.78 is 24.7. The molecule has 7 heteroatoms. The van der Waals surface area contributed by atoms with Crippen molar-refractivity contribution in [2.24, 2.45) is 0 Å². The van der Waals surface area contributed by atoms with Gasteiger partial charge in [-0.1, -0.05) is 29.8 Å². The van der Waals surface area contributed by atoms with Gasteiger partial charge in [-0.2, -0.15) is 0 Å². The van der Waals surface area contributed by atoms with Crippen LogP contribution in [0, 0.1) is 0 Å². The van der Waals surface area contributed by atoms with Crippen LogP contribution < -0.4 is 10.0 Å². The molecule has 0 fully saturated rings. The normalized spacial score (nSPS) is 11.1. The van der Waals surface area contributed by atoms with E-state index in [0.29, 0.717) is 22.8 Å². The Hall–Kier alpha value is -2.05. The highest BCUT2D eigenvalue weighted by Gasteiger charge is 2.05. The minimum atomic E-state index is -3.26. The van der Waals surface area contributed by atoms with E-state index in [1.165, 1.54) is 0 Å². The Morgan fingerprint density at radius 2 is 1.83 bits per heavy atom. The summed E-state index contributed by atoms with van der Waals surface area (Å²) in [5.41, 5.74) is 2.15. The first-order valence-corrected chi connectivity index (χ1v) is 9.71. The topological polar surface area (TPSA) is 75.3 Å². The van der Waals surface area contributed by atoms with Crippen molar-refractivity contribution in [3.05, 3.63) is 64.7 Å². The zero-order valence-electron chi connectivity index (χ0n) is 13.3. The van der Waals surface area contributed by atoms with E-state index < -0.39 is 10.0 Å². The molecule has 0 saturated carbocycles. The van der Waals surface area contributed by atoms with Crippen LogP contribution in [0.15, 0.2) is 48.5 Å². The molecule has 0 bridgehead atoms. The molecular weight excluding hydrogens is 348 g/mol. The molecule has 24 heavy (non-hydrogen) atoms. The number of halogens is 1. The maximum absolute atomic E-state index is 12.0. The minimum Gasteiger partial charge on any atom is -0.352 e. The highest BCUT2D eigenvalue weighted by atomic mass is 35.5. The molecule has 0 aliphatic carbocycles. The van der Waals surface area contributed by atoms with Crippen LogP contribution in [0.1, 0.15) is 22.3 Å². The predicted molar refractivity (Wildman–Crippen MR) is 97.0 cm³/mol. The summed E-state index contributed by atoms with van der Waals surface area (Å²) in [5.74, 6) is -0.148. The van der Waals surface area contributed by atoms with Gasteiger partial charge in [0, 0.05) is 22.8 Å². The summed E-state index contributed by atoms with van der Waals surface area (Å²) in [6.07, 6.45) is 2.68. The number of anilines is 1. The summed E-state index contributed by atoms with van der Waals surface area (Å²) in [6, 6.07) is 14.0. The van der Waals surface area contributed by atoms with Crippen molar-refractivity contribution < 1.29 is 13.2 Å². The molecule has 2 N–H and O–H groups in total. The van der Waals surface area contributed by atoms with Crippen molar-refractivity contribution in [3.63, 3.8) is 0 Å². The fourth-order valence-electron chi connectivity index (χ4n) is 2.18. The van der Waals surface area contributed by atoms with E-state index >= 15 is 0 Å². The third-order valence-corrected chi connectivity index (χ3v) is 4.11. The average Bonchev–Trinajstić information content (AvgIpc) is 2.51. The molecule has 2 aromatic carbocycles.